The summed E-state index contributed by atoms with van der Waals surface area (Å²) in [6.45, 7) is 14.6. The summed E-state index contributed by atoms with van der Waals surface area (Å²) >= 11 is 0. The summed E-state index contributed by atoms with van der Waals surface area (Å²) < 4.78 is 17.2. The average Bonchev–Trinajstić information content (AvgIpc) is 3.29. The van der Waals surface area contributed by atoms with Gasteiger partial charge in [-0.25, -0.2) is 0 Å². The molecule has 1 aromatic heterocycles. The number of rotatable bonds is 8. The van der Waals surface area contributed by atoms with Gasteiger partial charge in [-0.15, -0.1) is 0 Å². The number of aliphatic hydroxyl groups excluding tert-OH is 1. The van der Waals surface area contributed by atoms with Crippen molar-refractivity contribution in [3.8, 4) is 5.75 Å². The number of ketones is 1. The third-order valence-corrected chi connectivity index (χ3v) is 5.71. The molecule has 34 heavy (non-hydrogen) atoms. The van der Waals surface area contributed by atoms with Crippen molar-refractivity contribution >= 4 is 17.4 Å². The monoisotopic (exact) mass is 469 g/mol. The van der Waals surface area contributed by atoms with Crippen molar-refractivity contribution in [1.29, 1.82) is 0 Å². The van der Waals surface area contributed by atoms with E-state index in [1.165, 1.54) is 4.90 Å². The number of aryl methyl sites for hydroxylation is 1. The predicted molar refractivity (Wildman–Crippen MR) is 130 cm³/mol. The van der Waals surface area contributed by atoms with Gasteiger partial charge in [-0.05, 0) is 63.4 Å². The van der Waals surface area contributed by atoms with E-state index in [1.807, 2.05) is 47.6 Å². The molecule has 1 saturated heterocycles. The smallest absolute Gasteiger partial charge is 0.295 e. The van der Waals surface area contributed by atoms with Crippen LogP contribution in [0.2, 0.25) is 0 Å². The van der Waals surface area contributed by atoms with Crippen molar-refractivity contribution < 1.29 is 28.6 Å². The molecule has 1 aromatic carbocycles. The van der Waals surface area contributed by atoms with E-state index in [1.54, 1.807) is 31.2 Å². The van der Waals surface area contributed by atoms with Crippen LogP contribution in [-0.2, 0) is 19.7 Å². The highest BCUT2D eigenvalue weighted by atomic mass is 16.5. The molecule has 1 amide bonds. The minimum absolute atomic E-state index is 0.00733. The van der Waals surface area contributed by atoms with Crippen molar-refractivity contribution in [3.05, 3.63) is 58.6 Å². The highest BCUT2D eigenvalue weighted by Gasteiger charge is 2.47. The number of furan rings is 1. The van der Waals surface area contributed by atoms with Gasteiger partial charge in [0.15, 0.2) is 0 Å². The number of benzene rings is 1. The minimum Gasteiger partial charge on any atom is -0.507 e. The molecule has 1 unspecified atom stereocenters. The Bertz CT molecular complexity index is 1090. The van der Waals surface area contributed by atoms with Crippen molar-refractivity contribution in [2.24, 2.45) is 0 Å². The van der Waals surface area contributed by atoms with E-state index in [-0.39, 0.29) is 36.0 Å². The molecule has 0 bridgehead atoms. The summed E-state index contributed by atoms with van der Waals surface area (Å²) in [5, 5.41) is 11.4. The average molecular weight is 470 g/mol. The van der Waals surface area contributed by atoms with Crippen LogP contribution in [0.15, 0.2) is 40.3 Å². The van der Waals surface area contributed by atoms with E-state index < -0.39 is 17.7 Å². The molecule has 7 heteroatoms. The van der Waals surface area contributed by atoms with Crippen molar-refractivity contribution in [1.82, 2.24) is 4.90 Å². The first kappa shape index (κ1) is 25.6. The zero-order valence-electron chi connectivity index (χ0n) is 21.1. The lowest BCUT2D eigenvalue weighted by molar-refractivity contribution is -0.140. The highest BCUT2D eigenvalue weighted by molar-refractivity contribution is 6.46. The van der Waals surface area contributed by atoms with Gasteiger partial charge in [-0.2, -0.15) is 0 Å². The first-order valence-corrected chi connectivity index (χ1v) is 11.7. The molecular formula is C27H35NO6. The Morgan fingerprint density at radius 1 is 1.18 bits per heavy atom. The van der Waals surface area contributed by atoms with Crippen LogP contribution in [0.25, 0.3) is 5.76 Å². The molecule has 1 N–H and O–H groups in total. The Hall–Kier alpha value is -3.06. The van der Waals surface area contributed by atoms with E-state index in [0.29, 0.717) is 23.7 Å². The number of hydrogen-bond donors (Lipinski definition) is 1. The third-order valence-electron chi connectivity index (χ3n) is 5.71. The molecule has 0 radical (unpaired) electrons. The zero-order chi connectivity index (χ0) is 25.2. The fourth-order valence-electron chi connectivity index (χ4n) is 4.09. The standard InChI is InChI=1S/C27H35NO6/c1-8-32-20-12-10-18(15-19(20)27(5,6)7)24(29)22-23(21-11-9-17(4)34-21)28(26(31)25(22)30)13-14-33-16(2)3/h9-12,15-16,23,29H,8,13-14H2,1-7H3/b24-22-. The summed E-state index contributed by atoms with van der Waals surface area (Å²) in [5.41, 5.74) is 1.08. The molecule has 0 spiro atoms. The Balaban J connectivity index is 2.13. The Morgan fingerprint density at radius 2 is 1.88 bits per heavy atom. The second-order valence-corrected chi connectivity index (χ2v) is 9.75. The van der Waals surface area contributed by atoms with Gasteiger partial charge in [0.05, 0.1) is 24.9 Å². The normalized spacial score (nSPS) is 18.2. The highest BCUT2D eigenvalue weighted by Crippen LogP contribution is 2.41. The van der Waals surface area contributed by atoms with Gasteiger partial charge >= 0.3 is 0 Å². The fourth-order valence-corrected chi connectivity index (χ4v) is 4.09. The molecule has 1 aliphatic heterocycles. The molecule has 7 nitrogen and oxygen atoms in total. The molecule has 1 aliphatic rings. The largest absolute Gasteiger partial charge is 0.507 e. The molecule has 3 rings (SSSR count). The lowest BCUT2D eigenvalue weighted by atomic mass is 9.84. The maximum absolute atomic E-state index is 13.2. The van der Waals surface area contributed by atoms with Crippen LogP contribution in [0, 0.1) is 6.92 Å². The molecule has 0 aliphatic carbocycles. The number of hydrogen-bond acceptors (Lipinski definition) is 6. The summed E-state index contributed by atoms with van der Waals surface area (Å²) in [7, 11) is 0. The van der Waals surface area contributed by atoms with Crippen LogP contribution >= 0.6 is 0 Å². The number of carbonyl (C=O) groups is 2. The van der Waals surface area contributed by atoms with Crippen LogP contribution in [0.4, 0.5) is 0 Å². The van der Waals surface area contributed by atoms with Crippen molar-refractivity contribution in [2.45, 2.75) is 66.0 Å². The van der Waals surface area contributed by atoms with E-state index >= 15 is 0 Å². The lowest BCUT2D eigenvalue weighted by Gasteiger charge is -2.25. The van der Waals surface area contributed by atoms with E-state index in [0.717, 1.165) is 11.3 Å². The summed E-state index contributed by atoms with van der Waals surface area (Å²) in [4.78, 5) is 27.6. The second kappa shape index (κ2) is 10.1. The molecule has 1 atom stereocenters. The summed E-state index contributed by atoms with van der Waals surface area (Å²) in [6.07, 6.45) is -0.0131. The number of amides is 1. The maximum atomic E-state index is 13.2. The second-order valence-electron chi connectivity index (χ2n) is 9.75. The molecule has 2 aromatic rings. The Labute approximate surface area is 201 Å². The zero-order valence-corrected chi connectivity index (χ0v) is 21.1. The number of Topliss-reactive ketones (excluding diaryl/α,β-unsaturated/α-hetero) is 1. The molecule has 0 saturated carbocycles. The van der Waals surface area contributed by atoms with Gasteiger partial charge in [-0.1, -0.05) is 20.8 Å². The lowest BCUT2D eigenvalue weighted by Crippen LogP contribution is -2.33. The first-order chi connectivity index (χ1) is 16.0. The quantitative estimate of drug-likeness (QED) is 0.327. The van der Waals surface area contributed by atoms with Crippen LogP contribution < -0.4 is 4.74 Å². The first-order valence-electron chi connectivity index (χ1n) is 11.7. The van der Waals surface area contributed by atoms with Gasteiger partial charge in [0.2, 0.25) is 0 Å². The van der Waals surface area contributed by atoms with Crippen molar-refractivity contribution in [3.63, 3.8) is 0 Å². The van der Waals surface area contributed by atoms with Crippen LogP contribution in [0.1, 0.15) is 70.2 Å². The number of nitrogens with zero attached hydrogens (tertiary/aromatic N) is 1. The number of ether oxygens (including phenoxy) is 2. The molecule has 184 valence electrons. The maximum Gasteiger partial charge on any atom is 0.295 e. The van der Waals surface area contributed by atoms with Gasteiger partial charge in [0.1, 0.15) is 29.1 Å². The van der Waals surface area contributed by atoms with E-state index in [2.05, 4.69) is 0 Å². The molecule has 2 heterocycles. The predicted octanol–water partition coefficient (Wildman–Crippen LogP) is 5.13. The van der Waals surface area contributed by atoms with Crippen LogP contribution in [0.3, 0.4) is 0 Å². The summed E-state index contributed by atoms with van der Waals surface area (Å²) in [5.74, 6) is 0.122. The van der Waals surface area contributed by atoms with Gasteiger partial charge < -0.3 is 23.9 Å². The van der Waals surface area contributed by atoms with Crippen molar-refractivity contribution in [2.75, 3.05) is 19.8 Å². The number of carbonyl (C=O) groups excluding carboxylic acids is 2. The summed E-state index contributed by atoms with van der Waals surface area (Å²) in [6, 6.07) is 7.98. The Morgan fingerprint density at radius 3 is 2.44 bits per heavy atom. The minimum atomic E-state index is -0.839. The fraction of sp³-hybridized carbons (Fsp3) is 0.481. The third kappa shape index (κ3) is 5.20. The van der Waals surface area contributed by atoms with Gasteiger partial charge in [-0.3, -0.25) is 9.59 Å². The van der Waals surface area contributed by atoms with E-state index in [9.17, 15) is 14.7 Å². The number of aliphatic hydroxyl groups is 1. The van der Waals surface area contributed by atoms with E-state index in [4.69, 9.17) is 13.9 Å². The van der Waals surface area contributed by atoms with Gasteiger partial charge in [0, 0.05) is 17.7 Å². The Kier molecular flexibility index (Phi) is 7.56. The topological polar surface area (TPSA) is 89.2 Å². The van der Waals surface area contributed by atoms with Crippen LogP contribution in [-0.4, -0.2) is 47.6 Å². The van der Waals surface area contributed by atoms with Crippen LogP contribution in [0.5, 0.6) is 5.75 Å². The number of likely N-dealkylation sites (tertiary alicyclic amines) is 1. The molecule has 1 fully saturated rings. The molecular weight excluding hydrogens is 434 g/mol. The van der Waals surface area contributed by atoms with Gasteiger partial charge in [0.25, 0.3) is 11.7 Å². The SMILES string of the molecule is CCOc1ccc(/C(O)=C2/C(=O)C(=O)N(CCOC(C)C)C2c2ccc(C)o2)cc1C(C)(C)C.